The Hall–Kier alpha value is -1.15. The van der Waals surface area contributed by atoms with E-state index in [9.17, 15) is 4.79 Å². The van der Waals surface area contributed by atoms with Crippen molar-refractivity contribution in [2.45, 2.75) is 19.9 Å². The second-order valence-corrected chi connectivity index (χ2v) is 2.68. The molecule has 0 aliphatic carbocycles. The Kier molecular flexibility index (Phi) is 3.00. The standard InChI is InChI=1S/C10H13NO/c1-2-10(12)9-5-3-8(7-11)4-6-9/h3-6H,2,7,11H2,1H3. The summed E-state index contributed by atoms with van der Waals surface area (Å²) >= 11 is 0. The topological polar surface area (TPSA) is 43.1 Å². The second-order valence-electron chi connectivity index (χ2n) is 2.68. The van der Waals surface area contributed by atoms with Crippen LogP contribution in [0, 0.1) is 0 Å². The molecule has 0 saturated carbocycles. The van der Waals surface area contributed by atoms with Gasteiger partial charge >= 0.3 is 0 Å². The first kappa shape index (κ1) is 8.94. The van der Waals surface area contributed by atoms with Crippen LogP contribution in [0.1, 0.15) is 29.3 Å². The van der Waals surface area contributed by atoms with Gasteiger partial charge in [-0.05, 0) is 5.56 Å². The van der Waals surface area contributed by atoms with E-state index in [1.54, 1.807) is 0 Å². The maximum absolute atomic E-state index is 11.2. The SMILES string of the molecule is CCC(=O)c1ccc(CN)cc1. The molecule has 2 N–H and O–H groups in total. The van der Waals surface area contributed by atoms with Crippen molar-refractivity contribution in [2.24, 2.45) is 5.73 Å². The molecule has 1 aromatic rings. The van der Waals surface area contributed by atoms with Gasteiger partial charge in [0.2, 0.25) is 0 Å². The number of carbonyl (C=O) groups excluding carboxylic acids is 1. The van der Waals surface area contributed by atoms with E-state index < -0.39 is 0 Å². The monoisotopic (exact) mass is 163 g/mol. The van der Waals surface area contributed by atoms with E-state index in [-0.39, 0.29) is 5.78 Å². The van der Waals surface area contributed by atoms with Gasteiger partial charge < -0.3 is 5.73 Å². The van der Waals surface area contributed by atoms with Crippen LogP contribution < -0.4 is 5.73 Å². The lowest BCUT2D eigenvalue weighted by Crippen LogP contribution is -1.99. The Balaban J connectivity index is 2.84. The highest BCUT2D eigenvalue weighted by Crippen LogP contribution is 2.05. The predicted molar refractivity (Wildman–Crippen MR) is 49.0 cm³/mol. The summed E-state index contributed by atoms with van der Waals surface area (Å²) < 4.78 is 0. The third-order valence-electron chi connectivity index (χ3n) is 1.83. The van der Waals surface area contributed by atoms with Crippen molar-refractivity contribution >= 4 is 5.78 Å². The lowest BCUT2D eigenvalue weighted by molar-refractivity contribution is 0.0988. The van der Waals surface area contributed by atoms with Gasteiger partial charge in [-0.2, -0.15) is 0 Å². The fourth-order valence-corrected chi connectivity index (χ4v) is 1.03. The second kappa shape index (κ2) is 4.02. The minimum absolute atomic E-state index is 0.179. The number of Topliss-reactive ketones (excluding diaryl/α,β-unsaturated/α-hetero) is 1. The third-order valence-corrected chi connectivity index (χ3v) is 1.83. The van der Waals surface area contributed by atoms with Crippen molar-refractivity contribution in [1.29, 1.82) is 0 Å². The number of hydrogen-bond donors (Lipinski definition) is 1. The van der Waals surface area contributed by atoms with Crippen molar-refractivity contribution in [3.05, 3.63) is 35.4 Å². The fourth-order valence-electron chi connectivity index (χ4n) is 1.03. The molecule has 0 atom stereocenters. The molecule has 0 unspecified atom stereocenters. The average molecular weight is 163 g/mol. The highest BCUT2D eigenvalue weighted by molar-refractivity contribution is 5.95. The van der Waals surface area contributed by atoms with Gasteiger partial charge in [0, 0.05) is 18.5 Å². The van der Waals surface area contributed by atoms with E-state index in [2.05, 4.69) is 0 Å². The third kappa shape index (κ3) is 1.92. The van der Waals surface area contributed by atoms with Gasteiger partial charge in [-0.1, -0.05) is 31.2 Å². The summed E-state index contributed by atoms with van der Waals surface area (Å²) in [6, 6.07) is 7.44. The molecule has 0 heterocycles. The Labute approximate surface area is 72.4 Å². The lowest BCUT2D eigenvalue weighted by atomic mass is 10.1. The molecule has 0 saturated heterocycles. The van der Waals surface area contributed by atoms with Crippen LogP contribution in [0.2, 0.25) is 0 Å². The first-order chi connectivity index (χ1) is 5.77. The number of ketones is 1. The van der Waals surface area contributed by atoms with Crippen LogP contribution in [-0.4, -0.2) is 5.78 Å². The molecule has 0 fully saturated rings. The summed E-state index contributed by atoms with van der Waals surface area (Å²) in [5.41, 5.74) is 7.25. The molecule has 0 aliphatic rings. The maximum atomic E-state index is 11.2. The molecule has 1 aromatic carbocycles. The summed E-state index contributed by atoms with van der Waals surface area (Å²) in [5, 5.41) is 0. The van der Waals surface area contributed by atoms with E-state index in [1.807, 2.05) is 31.2 Å². The van der Waals surface area contributed by atoms with Gasteiger partial charge in [0.15, 0.2) is 5.78 Å². The zero-order valence-corrected chi connectivity index (χ0v) is 7.21. The van der Waals surface area contributed by atoms with Gasteiger partial charge in [-0.15, -0.1) is 0 Å². The molecule has 0 amide bonds. The predicted octanol–water partition coefficient (Wildman–Crippen LogP) is 1.74. The van der Waals surface area contributed by atoms with Crippen molar-refractivity contribution in [2.75, 3.05) is 0 Å². The minimum atomic E-state index is 0.179. The van der Waals surface area contributed by atoms with Crippen LogP contribution >= 0.6 is 0 Å². The van der Waals surface area contributed by atoms with Gasteiger partial charge in [-0.25, -0.2) is 0 Å². The number of carbonyl (C=O) groups is 1. The molecular formula is C10H13NO. The fraction of sp³-hybridized carbons (Fsp3) is 0.300. The van der Waals surface area contributed by atoms with Crippen LogP contribution in [0.3, 0.4) is 0 Å². The molecule has 0 radical (unpaired) electrons. The summed E-state index contributed by atoms with van der Waals surface area (Å²) in [6.07, 6.45) is 0.558. The Morgan fingerprint density at radius 2 is 1.92 bits per heavy atom. The highest BCUT2D eigenvalue weighted by Gasteiger charge is 2.00. The quantitative estimate of drug-likeness (QED) is 0.690. The number of nitrogens with two attached hydrogens (primary N) is 1. The zero-order chi connectivity index (χ0) is 8.97. The number of rotatable bonds is 3. The molecule has 0 bridgehead atoms. The first-order valence-corrected chi connectivity index (χ1v) is 4.10. The van der Waals surface area contributed by atoms with E-state index in [0.717, 1.165) is 11.1 Å². The van der Waals surface area contributed by atoms with Gasteiger partial charge in [0.05, 0.1) is 0 Å². The Morgan fingerprint density at radius 1 is 1.33 bits per heavy atom. The molecule has 2 nitrogen and oxygen atoms in total. The molecular weight excluding hydrogens is 150 g/mol. The Bertz CT molecular complexity index is 264. The van der Waals surface area contributed by atoms with Gasteiger partial charge in [0.1, 0.15) is 0 Å². The Morgan fingerprint density at radius 3 is 2.33 bits per heavy atom. The molecule has 2 heteroatoms. The van der Waals surface area contributed by atoms with E-state index in [1.165, 1.54) is 0 Å². The van der Waals surface area contributed by atoms with Crippen LogP contribution in [0.5, 0.6) is 0 Å². The van der Waals surface area contributed by atoms with Gasteiger partial charge in [-0.3, -0.25) is 4.79 Å². The highest BCUT2D eigenvalue weighted by atomic mass is 16.1. The first-order valence-electron chi connectivity index (χ1n) is 4.10. The molecule has 0 aliphatic heterocycles. The van der Waals surface area contributed by atoms with E-state index in [4.69, 9.17) is 5.73 Å². The maximum Gasteiger partial charge on any atom is 0.162 e. The molecule has 12 heavy (non-hydrogen) atoms. The van der Waals surface area contributed by atoms with Crippen molar-refractivity contribution in [3.8, 4) is 0 Å². The minimum Gasteiger partial charge on any atom is -0.326 e. The average Bonchev–Trinajstić information content (AvgIpc) is 2.17. The van der Waals surface area contributed by atoms with Crippen LogP contribution in [0.15, 0.2) is 24.3 Å². The van der Waals surface area contributed by atoms with Crippen molar-refractivity contribution < 1.29 is 4.79 Å². The lowest BCUT2D eigenvalue weighted by Gasteiger charge is -1.99. The number of hydrogen-bond acceptors (Lipinski definition) is 2. The van der Waals surface area contributed by atoms with E-state index >= 15 is 0 Å². The van der Waals surface area contributed by atoms with Gasteiger partial charge in [0.25, 0.3) is 0 Å². The number of benzene rings is 1. The van der Waals surface area contributed by atoms with Crippen molar-refractivity contribution in [3.63, 3.8) is 0 Å². The smallest absolute Gasteiger partial charge is 0.162 e. The van der Waals surface area contributed by atoms with Crippen molar-refractivity contribution in [1.82, 2.24) is 0 Å². The van der Waals surface area contributed by atoms with E-state index in [0.29, 0.717) is 13.0 Å². The molecule has 64 valence electrons. The van der Waals surface area contributed by atoms with Crippen LogP contribution in [0.4, 0.5) is 0 Å². The molecule has 1 rings (SSSR count). The molecule has 0 spiro atoms. The summed E-state index contributed by atoms with van der Waals surface area (Å²) in [5.74, 6) is 0.179. The molecule has 0 aromatic heterocycles. The largest absolute Gasteiger partial charge is 0.326 e. The summed E-state index contributed by atoms with van der Waals surface area (Å²) in [4.78, 5) is 11.2. The van der Waals surface area contributed by atoms with Crippen LogP contribution in [0.25, 0.3) is 0 Å². The normalized spacial score (nSPS) is 9.83. The summed E-state index contributed by atoms with van der Waals surface area (Å²) in [7, 11) is 0. The zero-order valence-electron chi connectivity index (χ0n) is 7.21. The summed E-state index contributed by atoms with van der Waals surface area (Å²) in [6.45, 7) is 2.39. The van der Waals surface area contributed by atoms with Crippen LogP contribution in [-0.2, 0) is 6.54 Å².